The molecule has 2 heterocycles. The number of rotatable bonds is 3. The van der Waals surface area contributed by atoms with Crippen LogP contribution < -0.4 is 10.6 Å². The standard InChI is InChI=1S/C15H20N2O3.ClH/c18-15(13-10-16-7-9-19-13)17-12-6-8-20-14(12)11-4-2-1-3-5-11;/h1-5,12-14,16H,6-10H2,(H,17,18);1H. The Morgan fingerprint density at radius 1 is 1.19 bits per heavy atom. The zero-order chi connectivity index (χ0) is 13.8. The quantitative estimate of drug-likeness (QED) is 0.876. The summed E-state index contributed by atoms with van der Waals surface area (Å²) < 4.78 is 11.2. The predicted molar refractivity (Wildman–Crippen MR) is 81.5 cm³/mol. The molecule has 116 valence electrons. The van der Waals surface area contributed by atoms with Crippen molar-refractivity contribution in [2.24, 2.45) is 0 Å². The lowest BCUT2D eigenvalue weighted by atomic mass is 10.0. The third-order valence-corrected chi connectivity index (χ3v) is 3.77. The largest absolute Gasteiger partial charge is 0.371 e. The summed E-state index contributed by atoms with van der Waals surface area (Å²) in [5.74, 6) is -0.0476. The Morgan fingerprint density at radius 2 is 2.00 bits per heavy atom. The summed E-state index contributed by atoms with van der Waals surface area (Å²) in [6, 6.07) is 10.1. The summed E-state index contributed by atoms with van der Waals surface area (Å²) in [5.41, 5.74) is 1.11. The summed E-state index contributed by atoms with van der Waals surface area (Å²) >= 11 is 0. The van der Waals surface area contributed by atoms with Gasteiger partial charge in [-0.1, -0.05) is 30.3 Å². The average Bonchev–Trinajstić information content (AvgIpc) is 2.97. The van der Waals surface area contributed by atoms with Crippen LogP contribution in [0.15, 0.2) is 30.3 Å². The van der Waals surface area contributed by atoms with Crippen molar-refractivity contribution in [3.05, 3.63) is 35.9 Å². The number of halogens is 1. The topological polar surface area (TPSA) is 59.6 Å². The molecule has 2 saturated heterocycles. The highest BCUT2D eigenvalue weighted by atomic mass is 35.5. The molecule has 2 aliphatic heterocycles. The lowest BCUT2D eigenvalue weighted by molar-refractivity contribution is -0.135. The molecule has 3 atom stereocenters. The van der Waals surface area contributed by atoms with E-state index in [1.165, 1.54) is 0 Å². The summed E-state index contributed by atoms with van der Waals surface area (Å²) in [5, 5.41) is 6.23. The van der Waals surface area contributed by atoms with Gasteiger partial charge in [0.05, 0.1) is 12.6 Å². The molecule has 0 aromatic heterocycles. The molecule has 3 rings (SSSR count). The molecule has 1 aromatic rings. The fraction of sp³-hybridized carbons (Fsp3) is 0.533. The number of nitrogens with one attached hydrogen (secondary N) is 2. The summed E-state index contributed by atoms with van der Waals surface area (Å²) in [7, 11) is 0. The molecule has 0 saturated carbocycles. The van der Waals surface area contributed by atoms with Gasteiger partial charge >= 0.3 is 0 Å². The number of benzene rings is 1. The second kappa shape index (κ2) is 7.75. The number of carbonyl (C=O) groups excluding carboxylic acids is 1. The first-order valence-electron chi connectivity index (χ1n) is 7.14. The van der Waals surface area contributed by atoms with Crippen molar-refractivity contribution in [3.63, 3.8) is 0 Å². The molecule has 21 heavy (non-hydrogen) atoms. The van der Waals surface area contributed by atoms with Crippen LogP contribution in [0.4, 0.5) is 0 Å². The molecule has 0 aliphatic carbocycles. The zero-order valence-corrected chi connectivity index (χ0v) is 12.6. The molecule has 0 spiro atoms. The van der Waals surface area contributed by atoms with Gasteiger partial charge in [-0.3, -0.25) is 4.79 Å². The van der Waals surface area contributed by atoms with Gasteiger partial charge in [0, 0.05) is 19.7 Å². The van der Waals surface area contributed by atoms with Gasteiger partial charge in [-0.15, -0.1) is 12.4 Å². The van der Waals surface area contributed by atoms with E-state index in [1.807, 2.05) is 30.3 Å². The average molecular weight is 313 g/mol. The monoisotopic (exact) mass is 312 g/mol. The van der Waals surface area contributed by atoms with Crippen LogP contribution in [0.1, 0.15) is 18.1 Å². The first kappa shape index (κ1) is 16.2. The highest BCUT2D eigenvalue weighted by Gasteiger charge is 2.33. The van der Waals surface area contributed by atoms with E-state index in [9.17, 15) is 4.79 Å². The van der Waals surface area contributed by atoms with E-state index in [-0.39, 0.29) is 36.6 Å². The minimum atomic E-state index is -0.388. The fourth-order valence-corrected chi connectivity index (χ4v) is 2.72. The van der Waals surface area contributed by atoms with Gasteiger partial charge in [-0.25, -0.2) is 0 Å². The van der Waals surface area contributed by atoms with E-state index in [2.05, 4.69) is 10.6 Å². The van der Waals surface area contributed by atoms with Crippen LogP contribution in [-0.2, 0) is 14.3 Å². The molecule has 2 aliphatic rings. The van der Waals surface area contributed by atoms with E-state index in [4.69, 9.17) is 9.47 Å². The zero-order valence-electron chi connectivity index (χ0n) is 11.8. The van der Waals surface area contributed by atoms with Crippen LogP contribution in [0.2, 0.25) is 0 Å². The molecule has 3 unspecified atom stereocenters. The van der Waals surface area contributed by atoms with Gasteiger partial charge in [-0.05, 0) is 12.0 Å². The lowest BCUT2D eigenvalue weighted by Crippen LogP contribution is -2.50. The highest BCUT2D eigenvalue weighted by Crippen LogP contribution is 2.29. The van der Waals surface area contributed by atoms with Gasteiger partial charge in [0.25, 0.3) is 5.91 Å². The maximum atomic E-state index is 12.2. The van der Waals surface area contributed by atoms with Crippen molar-refractivity contribution in [2.75, 3.05) is 26.3 Å². The highest BCUT2D eigenvalue weighted by molar-refractivity contribution is 5.85. The van der Waals surface area contributed by atoms with Crippen LogP contribution in [0, 0.1) is 0 Å². The Kier molecular flexibility index (Phi) is 5.99. The number of hydrogen-bond donors (Lipinski definition) is 2. The number of carbonyl (C=O) groups is 1. The maximum absolute atomic E-state index is 12.2. The normalized spacial score (nSPS) is 28.7. The predicted octanol–water partition coefficient (Wildman–Crippen LogP) is 1.04. The first-order chi connectivity index (χ1) is 9.84. The van der Waals surface area contributed by atoms with E-state index >= 15 is 0 Å². The van der Waals surface area contributed by atoms with Crippen molar-refractivity contribution >= 4 is 18.3 Å². The van der Waals surface area contributed by atoms with Crippen LogP contribution in [-0.4, -0.2) is 44.4 Å². The Hall–Kier alpha value is -1.14. The van der Waals surface area contributed by atoms with Crippen LogP contribution in [0.25, 0.3) is 0 Å². The third kappa shape index (κ3) is 3.95. The lowest BCUT2D eigenvalue weighted by Gasteiger charge is -2.26. The van der Waals surface area contributed by atoms with Crippen molar-refractivity contribution in [1.82, 2.24) is 10.6 Å². The molecular weight excluding hydrogens is 292 g/mol. The van der Waals surface area contributed by atoms with Gasteiger partial charge in [0.2, 0.25) is 0 Å². The molecule has 1 amide bonds. The second-order valence-electron chi connectivity index (χ2n) is 5.17. The first-order valence-corrected chi connectivity index (χ1v) is 7.14. The Labute approximate surface area is 130 Å². The Balaban J connectivity index is 0.00000161. The van der Waals surface area contributed by atoms with Crippen LogP contribution >= 0.6 is 12.4 Å². The fourth-order valence-electron chi connectivity index (χ4n) is 2.72. The van der Waals surface area contributed by atoms with Crippen molar-refractivity contribution in [3.8, 4) is 0 Å². The minimum absolute atomic E-state index is 0. The van der Waals surface area contributed by atoms with E-state index < -0.39 is 0 Å². The molecule has 6 heteroatoms. The van der Waals surface area contributed by atoms with Crippen LogP contribution in [0.5, 0.6) is 0 Å². The second-order valence-corrected chi connectivity index (χ2v) is 5.17. The van der Waals surface area contributed by atoms with Crippen molar-refractivity contribution in [1.29, 1.82) is 0 Å². The van der Waals surface area contributed by atoms with E-state index in [0.717, 1.165) is 18.5 Å². The SMILES string of the molecule is Cl.O=C(NC1CCOC1c1ccccc1)C1CNCCO1. The third-order valence-electron chi connectivity index (χ3n) is 3.77. The number of morpholine rings is 1. The molecule has 0 bridgehead atoms. The number of hydrogen-bond acceptors (Lipinski definition) is 4. The summed E-state index contributed by atoms with van der Waals surface area (Å²) in [4.78, 5) is 12.2. The number of ether oxygens (including phenoxy) is 2. The van der Waals surface area contributed by atoms with Gasteiger partial charge in [0.1, 0.15) is 12.2 Å². The maximum Gasteiger partial charge on any atom is 0.250 e. The van der Waals surface area contributed by atoms with Crippen molar-refractivity contribution in [2.45, 2.75) is 24.7 Å². The molecule has 1 aromatic carbocycles. The van der Waals surface area contributed by atoms with Crippen molar-refractivity contribution < 1.29 is 14.3 Å². The van der Waals surface area contributed by atoms with Crippen LogP contribution in [0.3, 0.4) is 0 Å². The van der Waals surface area contributed by atoms with Gasteiger partial charge in [0.15, 0.2) is 0 Å². The van der Waals surface area contributed by atoms with E-state index in [0.29, 0.717) is 19.8 Å². The summed E-state index contributed by atoms with van der Waals surface area (Å²) in [6.45, 7) is 2.65. The van der Waals surface area contributed by atoms with Gasteiger partial charge < -0.3 is 20.1 Å². The smallest absolute Gasteiger partial charge is 0.250 e. The number of amides is 1. The summed E-state index contributed by atoms with van der Waals surface area (Å²) in [6.07, 6.45) is 0.392. The minimum Gasteiger partial charge on any atom is -0.371 e. The molecule has 2 fully saturated rings. The molecule has 2 N–H and O–H groups in total. The molecule has 0 radical (unpaired) electrons. The van der Waals surface area contributed by atoms with Gasteiger partial charge in [-0.2, -0.15) is 0 Å². The molecule has 5 nitrogen and oxygen atoms in total. The Bertz CT molecular complexity index is 451. The molecular formula is C15H21ClN2O3. The van der Waals surface area contributed by atoms with E-state index in [1.54, 1.807) is 0 Å². The Morgan fingerprint density at radius 3 is 2.71 bits per heavy atom.